The van der Waals surface area contributed by atoms with E-state index in [-0.39, 0.29) is 5.92 Å². The van der Waals surface area contributed by atoms with E-state index in [1.165, 1.54) is 5.56 Å². The molecule has 0 N–H and O–H groups in total. The van der Waals surface area contributed by atoms with Crippen LogP contribution in [0.5, 0.6) is 0 Å². The number of halogens is 2. The van der Waals surface area contributed by atoms with Crippen LogP contribution < -0.4 is 0 Å². The lowest BCUT2D eigenvalue weighted by Crippen LogP contribution is -2.09. The molecule has 2 atom stereocenters. The van der Waals surface area contributed by atoms with Crippen molar-refractivity contribution < 1.29 is 9.63 Å². The normalized spacial score (nSPS) is 18.4. The number of rotatable bonds is 5. The summed E-state index contributed by atoms with van der Waals surface area (Å²) >= 11 is 9.48. The lowest BCUT2D eigenvalue weighted by atomic mass is 10.0. The van der Waals surface area contributed by atoms with Gasteiger partial charge in [0.2, 0.25) is 0 Å². The number of hydrogen-bond acceptors (Lipinski definition) is 3. The molecule has 0 heterocycles. The van der Waals surface area contributed by atoms with Crippen LogP contribution in [0.15, 0.2) is 82.4 Å². The van der Waals surface area contributed by atoms with Crippen molar-refractivity contribution in [2.45, 2.75) is 19.3 Å². The zero-order valence-electron chi connectivity index (χ0n) is 15.8. The van der Waals surface area contributed by atoms with E-state index in [1.54, 1.807) is 12.1 Å². The van der Waals surface area contributed by atoms with Gasteiger partial charge in [-0.2, -0.15) is 0 Å². The molecule has 5 heteroatoms. The van der Waals surface area contributed by atoms with E-state index in [4.69, 9.17) is 16.4 Å². The first-order chi connectivity index (χ1) is 14.0. The van der Waals surface area contributed by atoms with E-state index in [9.17, 15) is 4.79 Å². The molecule has 1 aliphatic carbocycles. The Morgan fingerprint density at radius 3 is 2.24 bits per heavy atom. The molecule has 0 radical (unpaired) electrons. The number of carbonyl (C=O) groups excluding carboxylic acids is 1. The van der Waals surface area contributed by atoms with Gasteiger partial charge in [-0.25, -0.2) is 4.79 Å². The Labute approximate surface area is 183 Å². The number of hydrogen-bond donors (Lipinski definition) is 0. The van der Waals surface area contributed by atoms with Crippen LogP contribution in [0.25, 0.3) is 0 Å². The maximum absolute atomic E-state index is 12.4. The molecular weight excluding hydrogens is 450 g/mol. The van der Waals surface area contributed by atoms with Crippen LogP contribution in [0.2, 0.25) is 5.02 Å². The fourth-order valence-electron chi connectivity index (χ4n) is 3.36. The van der Waals surface area contributed by atoms with Crippen LogP contribution >= 0.6 is 27.5 Å². The second kappa shape index (κ2) is 8.52. The minimum atomic E-state index is -0.455. The van der Waals surface area contributed by atoms with Gasteiger partial charge in [-0.1, -0.05) is 74.6 Å². The van der Waals surface area contributed by atoms with E-state index in [0.717, 1.165) is 32.8 Å². The third kappa shape index (κ3) is 4.77. The van der Waals surface area contributed by atoms with E-state index in [0.29, 0.717) is 11.5 Å². The standard InChI is InChI=1S/C24H19BrClNO2/c1-15-2-4-18(5-3-15)24(28)29-27-23(17-6-10-19(25)11-7-17)22-14-21(22)16-8-12-20(26)13-9-16/h2-13,21-22H,14H2,1H3. The van der Waals surface area contributed by atoms with Crippen molar-refractivity contribution in [2.24, 2.45) is 11.1 Å². The maximum Gasteiger partial charge on any atom is 0.365 e. The summed E-state index contributed by atoms with van der Waals surface area (Å²) in [7, 11) is 0. The zero-order valence-corrected chi connectivity index (χ0v) is 18.2. The molecular formula is C24H19BrClNO2. The summed E-state index contributed by atoms with van der Waals surface area (Å²) in [5.41, 5.74) is 4.53. The van der Waals surface area contributed by atoms with Crippen molar-refractivity contribution in [2.75, 3.05) is 0 Å². The molecule has 3 aromatic carbocycles. The third-order valence-electron chi connectivity index (χ3n) is 5.09. The highest BCUT2D eigenvalue weighted by molar-refractivity contribution is 9.10. The Hall–Kier alpha value is -2.43. The summed E-state index contributed by atoms with van der Waals surface area (Å²) in [4.78, 5) is 17.8. The smallest absolute Gasteiger partial charge is 0.313 e. The summed E-state index contributed by atoms with van der Waals surface area (Å²) in [5.74, 6) is 0.0826. The lowest BCUT2D eigenvalue weighted by molar-refractivity contribution is 0.0515. The maximum atomic E-state index is 12.4. The van der Waals surface area contributed by atoms with Gasteiger partial charge in [-0.3, -0.25) is 0 Å². The van der Waals surface area contributed by atoms with Crippen molar-refractivity contribution in [1.82, 2.24) is 0 Å². The number of nitrogens with zero attached hydrogens (tertiary/aromatic N) is 1. The van der Waals surface area contributed by atoms with Crippen LogP contribution in [0.1, 0.15) is 39.4 Å². The lowest BCUT2D eigenvalue weighted by Gasteiger charge is -2.07. The molecule has 3 aromatic rings. The van der Waals surface area contributed by atoms with Crippen LogP contribution in [0.3, 0.4) is 0 Å². The van der Waals surface area contributed by atoms with Crippen molar-refractivity contribution in [3.63, 3.8) is 0 Å². The van der Waals surface area contributed by atoms with Crippen molar-refractivity contribution in [1.29, 1.82) is 0 Å². The second-order valence-corrected chi connectivity index (χ2v) is 8.58. The van der Waals surface area contributed by atoms with E-state index in [1.807, 2.05) is 67.6 Å². The van der Waals surface area contributed by atoms with E-state index < -0.39 is 5.97 Å². The molecule has 0 spiro atoms. The topological polar surface area (TPSA) is 38.7 Å². The van der Waals surface area contributed by atoms with Crippen molar-refractivity contribution in [3.8, 4) is 0 Å². The van der Waals surface area contributed by atoms with Gasteiger partial charge in [0.25, 0.3) is 0 Å². The number of carbonyl (C=O) groups is 1. The Morgan fingerprint density at radius 1 is 0.966 bits per heavy atom. The average Bonchev–Trinajstić information content (AvgIpc) is 3.51. The summed E-state index contributed by atoms with van der Waals surface area (Å²) in [5, 5.41) is 5.03. The van der Waals surface area contributed by atoms with Gasteiger partial charge >= 0.3 is 5.97 Å². The molecule has 0 aromatic heterocycles. The Balaban J connectivity index is 1.58. The molecule has 2 unspecified atom stereocenters. The van der Waals surface area contributed by atoms with Crippen molar-refractivity contribution >= 4 is 39.2 Å². The quantitative estimate of drug-likeness (QED) is 0.235. The van der Waals surface area contributed by atoms with Gasteiger partial charge in [0.1, 0.15) is 0 Å². The number of aryl methyl sites for hydroxylation is 1. The predicted molar refractivity (Wildman–Crippen MR) is 120 cm³/mol. The fraction of sp³-hybridized carbons (Fsp3) is 0.167. The second-order valence-electron chi connectivity index (χ2n) is 7.23. The molecule has 29 heavy (non-hydrogen) atoms. The SMILES string of the molecule is Cc1ccc(C(=O)ON=C(c2ccc(Br)cc2)C2CC2c2ccc(Cl)cc2)cc1. The van der Waals surface area contributed by atoms with Gasteiger partial charge in [-0.15, -0.1) is 0 Å². The molecule has 1 fully saturated rings. The first-order valence-corrected chi connectivity index (χ1v) is 10.6. The first-order valence-electron chi connectivity index (χ1n) is 9.38. The molecule has 0 bridgehead atoms. The summed E-state index contributed by atoms with van der Waals surface area (Å²) in [6, 6.07) is 23.1. The highest BCUT2D eigenvalue weighted by Gasteiger charge is 2.43. The molecule has 1 aliphatic rings. The van der Waals surface area contributed by atoms with Crippen LogP contribution in [-0.4, -0.2) is 11.7 Å². The minimum absolute atomic E-state index is 0.197. The number of benzene rings is 3. The fourth-order valence-corrected chi connectivity index (χ4v) is 3.75. The average molecular weight is 469 g/mol. The van der Waals surface area contributed by atoms with Crippen LogP contribution in [-0.2, 0) is 4.84 Å². The number of oxime groups is 1. The molecule has 0 amide bonds. The molecule has 1 saturated carbocycles. The summed E-state index contributed by atoms with van der Waals surface area (Å²) < 4.78 is 0.988. The molecule has 4 rings (SSSR count). The summed E-state index contributed by atoms with van der Waals surface area (Å²) in [6.45, 7) is 1.98. The predicted octanol–water partition coefficient (Wildman–Crippen LogP) is 6.78. The first kappa shape index (κ1) is 19.9. The van der Waals surface area contributed by atoms with Gasteiger partial charge in [0.05, 0.1) is 11.3 Å². The summed E-state index contributed by atoms with van der Waals surface area (Å²) in [6.07, 6.45) is 0.957. The monoisotopic (exact) mass is 467 g/mol. The molecule has 3 nitrogen and oxygen atoms in total. The van der Waals surface area contributed by atoms with Crippen molar-refractivity contribution in [3.05, 3.63) is 105 Å². The highest BCUT2D eigenvalue weighted by atomic mass is 79.9. The van der Waals surface area contributed by atoms with Crippen LogP contribution in [0.4, 0.5) is 0 Å². The Bertz CT molecular complexity index is 1040. The van der Waals surface area contributed by atoms with E-state index >= 15 is 0 Å². The Kier molecular flexibility index (Phi) is 5.84. The zero-order chi connectivity index (χ0) is 20.4. The Morgan fingerprint density at radius 2 is 1.59 bits per heavy atom. The van der Waals surface area contributed by atoms with Gasteiger partial charge in [0.15, 0.2) is 0 Å². The minimum Gasteiger partial charge on any atom is -0.313 e. The van der Waals surface area contributed by atoms with Gasteiger partial charge in [-0.05, 0) is 66.8 Å². The van der Waals surface area contributed by atoms with Gasteiger partial charge in [0, 0.05) is 15.4 Å². The van der Waals surface area contributed by atoms with Gasteiger partial charge < -0.3 is 4.84 Å². The molecule has 146 valence electrons. The molecule has 0 saturated heterocycles. The van der Waals surface area contributed by atoms with Crippen LogP contribution in [0, 0.1) is 12.8 Å². The third-order valence-corrected chi connectivity index (χ3v) is 5.87. The van der Waals surface area contributed by atoms with E-state index in [2.05, 4.69) is 21.1 Å². The highest BCUT2D eigenvalue weighted by Crippen LogP contribution is 2.49. The largest absolute Gasteiger partial charge is 0.365 e. The molecule has 0 aliphatic heterocycles.